The van der Waals surface area contributed by atoms with E-state index in [0.29, 0.717) is 52.0 Å². The van der Waals surface area contributed by atoms with E-state index in [1.807, 2.05) is 0 Å². The van der Waals surface area contributed by atoms with E-state index in [-0.39, 0.29) is 22.6 Å². The average molecular weight is 365 g/mol. The third-order valence-corrected chi connectivity index (χ3v) is 6.68. The van der Waals surface area contributed by atoms with Crippen LogP contribution in [0, 0.1) is 5.92 Å². The number of carbonyl (C=O) groups is 2. The van der Waals surface area contributed by atoms with Gasteiger partial charge in [-0.25, -0.2) is 8.42 Å². The van der Waals surface area contributed by atoms with Crippen molar-refractivity contribution in [3.8, 4) is 0 Å². The molecular formula is C17H23N3O4S. The molecule has 2 heterocycles. The highest BCUT2D eigenvalue weighted by atomic mass is 32.2. The van der Waals surface area contributed by atoms with Gasteiger partial charge in [-0.05, 0) is 25.0 Å². The molecule has 1 aromatic rings. The van der Waals surface area contributed by atoms with Crippen LogP contribution >= 0.6 is 0 Å². The van der Waals surface area contributed by atoms with E-state index in [1.165, 1.54) is 4.31 Å². The van der Waals surface area contributed by atoms with E-state index >= 15 is 0 Å². The zero-order chi connectivity index (χ0) is 17.9. The molecule has 136 valence electrons. The van der Waals surface area contributed by atoms with Gasteiger partial charge in [-0.3, -0.25) is 9.59 Å². The molecular weight excluding hydrogens is 342 g/mol. The van der Waals surface area contributed by atoms with E-state index in [9.17, 15) is 18.0 Å². The Hall–Kier alpha value is -1.93. The lowest BCUT2D eigenvalue weighted by molar-refractivity contribution is -0.137. The van der Waals surface area contributed by atoms with Crippen molar-refractivity contribution in [3.05, 3.63) is 30.3 Å². The molecule has 1 unspecified atom stereocenters. The molecule has 0 spiro atoms. The fourth-order valence-electron chi connectivity index (χ4n) is 3.30. The molecule has 2 saturated heterocycles. The summed E-state index contributed by atoms with van der Waals surface area (Å²) in [6, 6.07) is 8.38. The lowest BCUT2D eigenvalue weighted by Crippen LogP contribution is -2.46. The van der Waals surface area contributed by atoms with Crippen LogP contribution in [0.25, 0.3) is 0 Å². The fourth-order valence-corrected chi connectivity index (χ4v) is 4.79. The summed E-state index contributed by atoms with van der Waals surface area (Å²) in [6.45, 7) is 2.00. The zero-order valence-electron chi connectivity index (χ0n) is 14.1. The summed E-state index contributed by atoms with van der Waals surface area (Å²) in [5.74, 6) is -0.200. The molecule has 1 N–H and O–H groups in total. The molecule has 0 aromatic heterocycles. The highest BCUT2D eigenvalue weighted by molar-refractivity contribution is 7.89. The summed E-state index contributed by atoms with van der Waals surface area (Å²) in [6.07, 6.45) is 1.54. The molecule has 0 bridgehead atoms. The highest BCUT2D eigenvalue weighted by Crippen LogP contribution is 2.19. The largest absolute Gasteiger partial charge is 0.355 e. The maximum atomic E-state index is 12.7. The Morgan fingerprint density at radius 3 is 2.52 bits per heavy atom. The predicted octanol–water partition coefficient (Wildman–Crippen LogP) is 0.436. The second-order valence-corrected chi connectivity index (χ2v) is 8.37. The topological polar surface area (TPSA) is 86.8 Å². The quantitative estimate of drug-likeness (QED) is 0.842. The Morgan fingerprint density at radius 2 is 1.84 bits per heavy atom. The third-order valence-electron chi connectivity index (χ3n) is 4.76. The Kier molecular flexibility index (Phi) is 5.39. The first kappa shape index (κ1) is 17.9. The lowest BCUT2D eigenvalue weighted by atomic mass is 9.97. The maximum absolute atomic E-state index is 12.7. The number of sulfonamides is 1. The van der Waals surface area contributed by atoms with Crippen LogP contribution in [0.1, 0.15) is 19.3 Å². The fraction of sp³-hybridized carbons (Fsp3) is 0.529. The van der Waals surface area contributed by atoms with Crippen LogP contribution in [0.4, 0.5) is 0 Å². The number of benzene rings is 1. The number of nitrogens with zero attached hydrogens (tertiary/aromatic N) is 2. The predicted molar refractivity (Wildman–Crippen MR) is 92.1 cm³/mol. The second-order valence-electron chi connectivity index (χ2n) is 6.44. The van der Waals surface area contributed by atoms with Crippen LogP contribution < -0.4 is 5.32 Å². The Labute approximate surface area is 148 Å². The van der Waals surface area contributed by atoms with Gasteiger partial charge >= 0.3 is 0 Å². The SMILES string of the molecule is O=C1CCC(C(=O)N2CCCN(S(=O)(=O)c3ccccc3)CC2)CN1. The molecule has 0 saturated carbocycles. The van der Waals surface area contributed by atoms with Gasteiger partial charge in [0.25, 0.3) is 0 Å². The van der Waals surface area contributed by atoms with Crippen molar-refractivity contribution in [1.82, 2.24) is 14.5 Å². The van der Waals surface area contributed by atoms with Gasteiger partial charge in [0.1, 0.15) is 0 Å². The van der Waals surface area contributed by atoms with Gasteiger partial charge in [-0.1, -0.05) is 18.2 Å². The molecule has 1 atom stereocenters. The van der Waals surface area contributed by atoms with Gasteiger partial charge in [-0.2, -0.15) is 4.31 Å². The summed E-state index contributed by atoms with van der Waals surface area (Å²) < 4.78 is 26.9. The molecule has 0 aliphatic carbocycles. The maximum Gasteiger partial charge on any atom is 0.243 e. The van der Waals surface area contributed by atoms with Crippen molar-refractivity contribution in [1.29, 1.82) is 0 Å². The zero-order valence-corrected chi connectivity index (χ0v) is 14.9. The number of hydrogen-bond acceptors (Lipinski definition) is 4. The number of amides is 2. The van der Waals surface area contributed by atoms with Crippen LogP contribution in [-0.2, 0) is 19.6 Å². The van der Waals surface area contributed by atoms with Crippen LogP contribution in [0.15, 0.2) is 35.2 Å². The highest BCUT2D eigenvalue weighted by Gasteiger charge is 2.32. The second kappa shape index (κ2) is 7.53. The summed E-state index contributed by atoms with van der Waals surface area (Å²) in [4.78, 5) is 25.9. The van der Waals surface area contributed by atoms with Crippen LogP contribution in [0.2, 0.25) is 0 Å². The summed E-state index contributed by atoms with van der Waals surface area (Å²) in [7, 11) is -3.53. The normalized spacial score (nSPS) is 23.0. The van der Waals surface area contributed by atoms with Crippen LogP contribution in [0.5, 0.6) is 0 Å². The van der Waals surface area contributed by atoms with Gasteiger partial charge in [0.05, 0.1) is 10.8 Å². The van der Waals surface area contributed by atoms with Gasteiger partial charge in [0.15, 0.2) is 0 Å². The van der Waals surface area contributed by atoms with Gasteiger partial charge in [0.2, 0.25) is 21.8 Å². The Morgan fingerprint density at radius 1 is 1.08 bits per heavy atom. The van der Waals surface area contributed by atoms with Crippen LogP contribution in [0.3, 0.4) is 0 Å². The Balaban J connectivity index is 1.64. The molecule has 2 aliphatic heterocycles. The molecule has 7 nitrogen and oxygen atoms in total. The molecule has 25 heavy (non-hydrogen) atoms. The third kappa shape index (κ3) is 4.01. The molecule has 2 fully saturated rings. The Bertz CT molecular complexity index is 726. The molecule has 2 amide bonds. The standard InChI is InChI=1S/C17H23N3O4S/c21-16-8-7-14(13-18-16)17(22)19-9-4-10-20(12-11-19)25(23,24)15-5-2-1-3-6-15/h1-3,5-6,14H,4,7-13H2,(H,18,21). The molecule has 2 aliphatic rings. The number of nitrogens with one attached hydrogen (secondary N) is 1. The van der Waals surface area contributed by atoms with Crippen LogP contribution in [-0.4, -0.2) is 62.2 Å². The summed E-state index contributed by atoms with van der Waals surface area (Å²) in [5.41, 5.74) is 0. The summed E-state index contributed by atoms with van der Waals surface area (Å²) >= 11 is 0. The van der Waals surface area contributed by atoms with E-state index in [1.54, 1.807) is 35.2 Å². The van der Waals surface area contributed by atoms with Crippen molar-refractivity contribution in [3.63, 3.8) is 0 Å². The van der Waals surface area contributed by atoms with Gasteiger partial charge in [-0.15, -0.1) is 0 Å². The number of carbonyl (C=O) groups excluding carboxylic acids is 2. The van der Waals surface area contributed by atoms with E-state index in [0.717, 1.165) is 0 Å². The molecule has 3 rings (SSSR count). The minimum absolute atomic E-state index is 0.0129. The molecule has 0 radical (unpaired) electrons. The van der Waals surface area contributed by atoms with E-state index in [2.05, 4.69) is 5.32 Å². The number of hydrogen-bond donors (Lipinski definition) is 1. The van der Waals surface area contributed by atoms with Gasteiger partial charge < -0.3 is 10.2 Å². The van der Waals surface area contributed by atoms with Crippen molar-refractivity contribution in [2.45, 2.75) is 24.2 Å². The van der Waals surface area contributed by atoms with Gasteiger partial charge in [0, 0.05) is 39.1 Å². The first-order valence-corrected chi connectivity index (χ1v) is 10.0. The van der Waals surface area contributed by atoms with Crippen molar-refractivity contribution in [2.75, 3.05) is 32.7 Å². The number of piperidine rings is 1. The molecule has 1 aromatic carbocycles. The lowest BCUT2D eigenvalue weighted by Gasteiger charge is -2.28. The monoisotopic (exact) mass is 365 g/mol. The first-order valence-electron chi connectivity index (χ1n) is 8.59. The number of rotatable bonds is 3. The minimum atomic E-state index is -3.53. The van der Waals surface area contributed by atoms with E-state index < -0.39 is 10.0 Å². The first-order chi connectivity index (χ1) is 12.0. The minimum Gasteiger partial charge on any atom is -0.355 e. The smallest absolute Gasteiger partial charge is 0.243 e. The van der Waals surface area contributed by atoms with Crippen molar-refractivity contribution >= 4 is 21.8 Å². The van der Waals surface area contributed by atoms with Crippen molar-refractivity contribution < 1.29 is 18.0 Å². The average Bonchev–Trinajstić information content (AvgIpc) is 2.89. The summed E-state index contributed by atoms with van der Waals surface area (Å²) in [5, 5.41) is 2.73. The van der Waals surface area contributed by atoms with Crippen molar-refractivity contribution in [2.24, 2.45) is 5.92 Å². The van der Waals surface area contributed by atoms with E-state index in [4.69, 9.17) is 0 Å². The molecule has 8 heteroatoms.